The van der Waals surface area contributed by atoms with Crippen LogP contribution in [0.4, 0.5) is 4.39 Å². The Morgan fingerprint density at radius 3 is 1.85 bits per heavy atom. The van der Waals surface area contributed by atoms with Gasteiger partial charge in [0.1, 0.15) is 11.6 Å². The van der Waals surface area contributed by atoms with Crippen LogP contribution in [0.1, 0.15) is 98.2 Å². The first kappa shape index (κ1) is 30.1. The van der Waals surface area contributed by atoms with Gasteiger partial charge in [0.15, 0.2) is 5.78 Å². The van der Waals surface area contributed by atoms with Crippen LogP contribution in [0.25, 0.3) is 11.6 Å². The van der Waals surface area contributed by atoms with Gasteiger partial charge in [0.25, 0.3) is 0 Å². The molecule has 0 aliphatic heterocycles. The van der Waals surface area contributed by atoms with Crippen molar-refractivity contribution in [2.45, 2.75) is 77.6 Å². The zero-order valence-electron chi connectivity index (χ0n) is 23.5. The molecule has 0 N–H and O–H groups in total. The molecule has 0 saturated heterocycles. The first-order valence-electron chi connectivity index (χ1n) is 14.5. The van der Waals surface area contributed by atoms with Crippen LogP contribution < -0.4 is 4.74 Å². The van der Waals surface area contributed by atoms with E-state index >= 15 is 0 Å². The predicted molar refractivity (Wildman–Crippen MR) is 163 cm³/mol. The number of benzene rings is 3. The summed E-state index contributed by atoms with van der Waals surface area (Å²) in [6.45, 7) is 6.78. The molecule has 0 radical (unpaired) electrons. The summed E-state index contributed by atoms with van der Waals surface area (Å²) < 4.78 is 18.8. The molecule has 0 amide bonds. The van der Waals surface area contributed by atoms with Crippen LogP contribution in [-0.2, 0) is 6.42 Å². The van der Waals surface area contributed by atoms with Gasteiger partial charge in [0, 0.05) is 5.56 Å². The van der Waals surface area contributed by atoms with Crippen LogP contribution in [0, 0.1) is 5.82 Å². The number of rotatable bonds is 18. The van der Waals surface area contributed by atoms with E-state index in [1.807, 2.05) is 25.1 Å². The third-order valence-corrected chi connectivity index (χ3v) is 7.01. The summed E-state index contributed by atoms with van der Waals surface area (Å²) in [6.07, 6.45) is 17.2. The van der Waals surface area contributed by atoms with E-state index in [1.165, 1.54) is 93.2 Å². The number of carbonyl (C=O) groups excluding carboxylic acids is 1. The summed E-state index contributed by atoms with van der Waals surface area (Å²) in [4.78, 5) is 12.2. The van der Waals surface area contributed by atoms with Crippen molar-refractivity contribution in [3.8, 4) is 5.75 Å². The Morgan fingerprint density at radius 2 is 1.26 bits per heavy atom. The van der Waals surface area contributed by atoms with E-state index in [9.17, 15) is 9.18 Å². The Kier molecular flexibility index (Phi) is 13.3. The second-order valence-corrected chi connectivity index (χ2v) is 10.4. The number of ether oxygens (including phenoxy) is 1. The molecule has 0 aliphatic carbocycles. The van der Waals surface area contributed by atoms with Crippen LogP contribution in [0.5, 0.6) is 5.75 Å². The van der Waals surface area contributed by atoms with Gasteiger partial charge in [0.05, 0.1) is 6.61 Å². The summed E-state index contributed by atoms with van der Waals surface area (Å²) in [6, 6.07) is 22.2. The van der Waals surface area contributed by atoms with Gasteiger partial charge < -0.3 is 4.74 Å². The Bertz CT molecular complexity index is 1160. The molecule has 39 heavy (non-hydrogen) atoms. The number of unbranched alkanes of at least 4 members (excludes halogenated alkanes) is 9. The van der Waals surface area contributed by atoms with Crippen LogP contribution >= 0.6 is 0 Å². The fourth-order valence-corrected chi connectivity index (χ4v) is 4.55. The Morgan fingerprint density at radius 1 is 0.718 bits per heavy atom. The molecule has 0 bridgehead atoms. The first-order valence-corrected chi connectivity index (χ1v) is 14.5. The molecular formula is C36H43FO2. The van der Waals surface area contributed by atoms with Crippen LogP contribution in [-0.4, -0.2) is 12.4 Å². The lowest BCUT2D eigenvalue weighted by molar-refractivity contribution is 0.104. The molecule has 3 aromatic carbocycles. The fourth-order valence-electron chi connectivity index (χ4n) is 4.55. The van der Waals surface area contributed by atoms with Crippen LogP contribution in [0.15, 0.2) is 85.5 Å². The molecule has 3 heteroatoms. The fraction of sp³-hybridized carbons (Fsp3) is 0.361. The lowest BCUT2D eigenvalue weighted by Gasteiger charge is -2.07. The van der Waals surface area contributed by atoms with Crippen molar-refractivity contribution in [2.24, 2.45) is 0 Å². The number of hydrogen-bond acceptors (Lipinski definition) is 2. The maximum Gasteiger partial charge on any atom is 0.185 e. The molecule has 0 fully saturated rings. The number of hydrogen-bond donors (Lipinski definition) is 0. The average Bonchev–Trinajstić information content (AvgIpc) is 2.95. The zero-order valence-corrected chi connectivity index (χ0v) is 23.5. The third-order valence-electron chi connectivity index (χ3n) is 7.01. The number of carbonyl (C=O) groups is 1. The quantitative estimate of drug-likeness (QED) is 0.0936. The minimum atomic E-state index is -0.336. The summed E-state index contributed by atoms with van der Waals surface area (Å²) >= 11 is 0. The topological polar surface area (TPSA) is 26.3 Å². The summed E-state index contributed by atoms with van der Waals surface area (Å²) in [5.41, 5.74) is 5.07. The van der Waals surface area contributed by atoms with Gasteiger partial charge in [-0.3, -0.25) is 4.79 Å². The molecule has 0 aromatic heterocycles. The molecule has 0 aliphatic rings. The molecule has 206 valence electrons. The lowest BCUT2D eigenvalue weighted by Crippen LogP contribution is -1.97. The summed E-state index contributed by atoms with van der Waals surface area (Å²) in [5, 5.41) is 0. The van der Waals surface area contributed by atoms with E-state index in [1.54, 1.807) is 6.08 Å². The van der Waals surface area contributed by atoms with Crippen molar-refractivity contribution in [3.63, 3.8) is 0 Å². The minimum Gasteiger partial charge on any atom is -0.494 e. The molecule has 3 aromatic rings. The van der Waals surface area contributed by atoms with Crippen molar-refractivity contribution >= 4 is 17.4 Å². The molecule has 0 spiro atoms. The molecule has 0 atom stereocenters. The third kappa shape index (κ3) is 11.9. The lowest BCUT2D eigenvalue weighted by atomic mass is 10.0. The van der Waals surface area contributed by atoms with Gasteiger partial charge in [-0.15, -0.1) is 0 Å². The summed E-state index contributed by atoms with van der Waals surface area (Å²) in [7, 11) is 0. The smallest absolute Gasteiger partial charge is 0.185 e. The summed E-state index contributed by atoms with van der Waals surface area (Å²) in [5.74, 6) is 0.490. The normalized spacial score (nSPS) is 11.1. The molecule has 3 rings (SSSR count). The second kappa shape index (κ2) is 17.2. The van der Waals surface area contributed by atoms with E-state index < -0.39 is 0 Å². The highest BCUT2D eigenvalue weighted by molar-refractivity contribution is 6.06. The van der Waals surface area contributed by atoms with Crippen molar-refractivity contribution < 1.29 is 13.9 Å². The molecule has 0 saturated carbocycles. The number of allylic oxidation sites excluding steroid dienone is 2. The molecule has 0 heterocycles. The van der Waals surface area contributed by atoms with Gasteiger partial charge in [-0.1, -0.05) is 106 Å². The van der Waals surface area contributed by atoms with E-state index in [2.05, 4.69) is 43.0 Å². The molecule has 0 unspecified atom stereocenters. The number of ketones is 1. The maximum absolute atomic E-state index is 13.0. The molecule has 2 nitrogen and oxygen atoms in total. The van der Waals surface area contributed by atoms with E-state index in [0.29, 0.717) is 5.56 Å². The van der Waals surface area contributed by atoms with Crippen molar-refractivity contribution in [1.82, 2.24) is 0 Å². The van der Waals surface area contributed by atoms with Gasteiger partial charge in [-0.2, -0.15) is 0 Å². The van der Waals surface area contributed by atoms with Gasteiger partial charge in [-0.05, 0) is 85.4 Å². The molecular weight excluding hydrogens is 483 g/mol. The van der Waals surface area contributed by atoms with Gasteiger partial charge >= 0.3 is 0 Å². The highest BCUT2D eigenvalue weighted by Crippen LogP contribution is 2.18. The number of halogens is 1. The Balaban J connectivity index is 1.15. The van der Waals surface area contributed by atoms with Gasteiger partial charge in [0.2, 0.25) is 0 Å². The second-order valence-electron chi connectivity index (χ2n) is 10.4. The van der Waals surface area contributed by atoms with Crippen molar-refractivity contribution in [3.05, 3.63) is 114 Å². The van der Waals surface area contributed by atoms with Crippen LogP contribution in [0.2, 0.25) is 0 Å². The highest BCUT2D eigenvalue weighted by Gasteiger charge is 2.02. The van der Waals surface area contributed by atoms with Gasteiger partial charge in [-0.25, -0.2) is 4.39 Å². The highest BCUT2D eigenvalue weighted by atomic mass is 19.1. The van der Waals surface area contributed by atoms with E-state index in [0.717, 1.165) is 36.3 Å². The SMILES string of the molecule is C=C(C)c1ccc(OCCCCCCCCCCCCc2ccc(/C=C/C(=O)c3ccc(F)cc3)cc2)cc1. The monoisotopic (exact) mass is 526 g/mol. The average molecular weight is 527 g/mol. The standard InChI is InChI=1S/C36H43FO2/c1-29(2)32-21-25-35(26-22-32)39-28-12-10-8-6-4-3-5-7-9-11-13-30-14-16-31(17-15-30)18-27-36(38)33-19-23-34(37)24-20-33/h14-27H,1,3-13,28H2,2H3/b27-18+. The van der Waals surface area contributed by atoms with Crippen molar-refractivity contribution in [1.29, 1.82) is 0 Å². The van der Waals surface area contributed by atoms with Crippen LogP contribution in [0.3, 0.4) is 0 Å². The maximum atomic E-state index is 13.0. The predicted octanol–water partition coefficient (Wildman–Crippen LogP) is 10.3. The zero-order chi connectivity index (χ0) is 27.7. The Hall–Kier alpha value is -3.46. The van der Waals surface area contributed by atoms with E-state index in [4.69, 9.17) is 4.74 Å². The number of aryl methyl sites for hydroxylation is 1. The largest absolute Gasteiger partial charge is 0.494 e. The minimum absolute atomic E-state index is 0.120. The Labute approximate surface area is 234 Å². The first-order chi connectivity index (χ1) is 19.0. The van der Waals surface area contributed by atoms with E-state index in [-0.39, 0.29) is 11.6 Å². The van der Waals surface area contributed by atoms with Crippen molar-refractivity contribution in [2.75, 3.05) is 6.61 Å².